The normalized spacial score (nSPS) is 12.4. The molecule has 0 aliphatic rings. The van der Waals surface area contributed by atoms with Gasteiger partial charge in [-0.15, -0.1) is 17.9 Å². The summed E-state index contributed by atoms with van der Waals surface area (Å²) in [5, 5.41) is 7.40. The van der Waals surface area contributed by atoms with Crippen LogP contribution in [0, 0.1) is 0 Å². The van der Waals surface area contributed by atoms with E-state index in [2.05, 4.69) is 21.7 Å². The highest BCUT2D eigenvalue weighted by Crippen LogP contribution is 2.34. The van der Waals surface area contributed by atoms with E-state index in [9.17, 15) is 4.79 Å². The van der Waals surface area contributed by atoms with Gasteiger partial charge >= 0.3 is 0 Å². The van der Waals surface area contributed by atoms with Crippen LogP contribution in [0.25, 0.3) is 21.6 Å². The first-order valence-corrected chi connectivity index (χ1v) is 10.6. The molecule has 6 nitrogen and oxygen atoms in total. The van der Waals surface area contributed by atoms with Crippen molar-refractivity contribution in [3.8, 4) is 10.7 Å². The Morgan fingerprint density at radius 3 is 3.00 bits per heavy atom. The predicted octanol–water partition coefficient (Wildman–Crippen LogP) is 5.20. The topological polar surface area (TPSA) is 73.8 Å². The van der Waals surface area contributed by atoms with E-state index >= 15 is 0 Å². The summed E-state index contributed by atoms with van der Waals surface area (Å²) >= 11 is 9.00. The smallest absolute Gasteiger partial charge is 0.262 e. The molecule has 1 aromatic carbocycles. The van der Waals surface area contributed by atoms with Crippen molar-refractivity contribution >= 4 is 45.6 Å². The maximum atomic E-state index is 12.9. The molecule has 0 spiro atoms. The lowest BCUT2D eigenvalue weighted by atomic mass is 10.2. The van der Waals surface area contributed by atoms with Crippen molar-refractivity contribution in [2.75, 3.05) is 0 Å². The van der Waals surface area contributed by atoms with Crippen molar-refractivity contribution in [1.82, 2.24) is 19.7 Å². The van der Waals surface area contributed by atoms with Gasteiger partial charge in [0.2, 0.25) is 11.7 Å². The van der Waals surface area contributed by atoms with Crippen LogP contribution in [0.15, 0.2) is 62.8 Å². The molecule has 9 heteroatoms. The van der Waals surface area contributed by atoms with E-state index in [-0.39, 0.29) is 10.8 Å². The average molecular weight is 431 g/mol. The van der Waals surface area contributed by atoms with Gasteiger partial charge in [0, 0.05) is 11.6 Å². The van der Waals surface area contributed by atoms with Crippen LogP contribution in [-0.2, 0) is 6.54 Å². The number of halogens is 1. The molecule has 4 rings (SSSR count). The Hall–Kier alpha value is -2.42. The zero-order chi connectivity index (χ0) is 19.7. The number of allylic oxidation sites excluding steroid dienone is 1. The SMILES string of the molecule is C=CCn1c(SC(C)c2nc(-c3cccs3)no2)nc2cc(Cl)ccc2c1=O. The summed E-state index contributed by atoms with van der Waals surface area (Å²) in [5.74, 6) is 1.03. The molecule has 3 aromatic heterocycles. The van der Waals surface area contributed by atoms with Gasteiger partial charge < -0.3 is 4.52 Å². The van der Waals surface area contributed by atoms with Crippen LogP contribution in [0.1, 0.15) is 18.1 Å². The number of hydrogen-bond donors (Lipinski definition) is 0. The van der Waals surface area contributed by atoms with Gasteiger partial charge in [0.25, 0.3) is 5.56 Å². The van der Waals surface area contributed by atoms with Crippen LogP contribution < -0.4 is 5.56 Å². The monoisotopic (exact) mass is 430 g/mol. The van der Waals surface area contributed by atoms with Crippen LogP contribution >= 0.6 is 34.7 Å². The van der Waals surface area contributed by atoms with Gasteiger partial charge in [-0.1, -0.05) is 40.7 Å². The van der Waals surface area contributed by atoms with Crippen molar-refractivity contribution < 1.29 is 4.52 Å². The quantitative estimate of drug-likeness (QED) is 0.238. The highest BCUT2D eigenvalue weighted by Gasteiger charge is 2.20. The van der Waals surface area contributed by atoms with Crippen LogP contribution in [0.5, 0.6) is 0 Å². The molecule has 0 N–H and O–H groups in total. The van der Waals surface area contributed by atoms with Crippen molar-refractivity contribution in [3.05, 3.63) is 69.6 Å². The minimum Gasteiger partial charge on any atom is -0.338 e. The molecule has 0 aliphatic carbocycles. The maximum absolute atomic E-state index is 12.9. The van der Waals surface area contributed by atoms with Gasteiger partial charge in [0.1, 0.15) is 0 Å². The van der Waals surface area contributed by atoms with Gasteiger partial charge in [0.15, 0.2) is 5.16 Å². The summed E-state index contributed by atoms with van der Waals surface area (Å²) in [6.07, 6.45) is 1.67. The van der Waals surface area contributed by atoms with Crippen LogP contribution in [-0.4, -0.2) is 19.7 Å². The number of hydrogen-bond acceptors (Lipinski definition) is 7. The minimum absolute atomic E-state index is 0.138. The van der Waals surface area contributed by atoms with E-state index in [0.717, 1.165) is 4.88 Å². The lowest BCUT2D eigenvalue weighted by Gasteiger charge is -2.13. The molecule has 0 aliphatic heterocycles. The zero-order valence-corrected chi connectivity index (χ0v) is 17.2. The van der Waals surface area contributed by atoms with Gasteiger partial charge in [-0.25, -0.2) is 4.98 Å². The molecule has 142 valence electrons. The van der Waals surface area contributed by atoms with E-state index in [4.69, 9.17) is 16.1 Å². The Morgan fingerprint density at radius 1 is 1.39 bits per heavy atom. The summed E-state index contributed by atoms with van der Waals surface area (Å²) in [6, 6.07) is 8.94. The molecule has 0 bridgehead atoms. The Morgan fingerprint density at radius 2 is 2.25 bits per heavy atom. The van der Waals surface area contributed by atoms with Crippen LogP contribution in [0.3, 0.4) is 0 Å². The average Bonchev–Trinajstić information content (AvgIpc) is 3.35. The maximum Gasteiger partial charge on any atom is 0.262 e. The fraction of sp³-hybridized carbons (Fsp3) is 0.158. The minimum atomic E-state index is -0.194. The second-order valence-corrected chi connectivity index (χ2v) is 8.65. The molecule has 0 radical (unpaired) electrons. The van der Waals surface area contributed by atoms with Gasteiger partial charge in [-0.05, 0) is 36.6 Å². The van der Waals surface area contributed by atoms with Crippen molar-refractivity contribution in [2.24, 2.45) is 0 Å². The predicted molar refractivity (Wildman–Crippen MR) is 113 cm³/mol. The van der Waals surface area contributed by atoms with E-state index < -0.39 is 0 Å². The lowest BCUT2D eigenvalue weighted by molar-refractivity contribution is 0.380. The first-order valence-electron chi connectivity index (χ1n) is 8.42. The third-order valence-electron chi connectivity index (χ3n) is 4.01. The molecule has 1 atom stereocenters. The van der Waals surface area contributed by atoms with E-state index in [1.807, 2.05) is 24.4 Å². The Kier molecular flexibility index (Phi) is 5.34. The van der Waals surface area contributed by atoms with Crippen molar-refractivity contribution in [2.45, 2.75) is 23.9 Å². The van der Waals surface area contributed by atoms with Crippen LogP contribution in [0.2, 0.25) is 5.02 Å². The number of nitrogens with zero attached hydrogens (tertiary/aromatic N) is 4. The fourth-order valence-corrected chi connectivity index (χ4v) is 4.43. The second-order valence-electron chi connectivity index (χ2n) is 5.95. The fourth-order valence-electron chi connectivity index (χ4n) is 2.67. The Bertz CT molecular complexity index is 1200. The number of fused-ring (bicyclic) bond motifs is 1. The first-order chi connectivity index (χ1) is 13.6. The Labute approximate surface area is 173 Å². The largest absolute Gasteiger partial charge is 0.338 e. The molecule has 1 unspecified atom stereocenters. The van der Waals surface area contributed by atoms with E-state index in [1.54, 1.807) is 40.2 Å². The number of benzene rings is 1. The summed E-state index contributed by atoms with van der Waals surface area (Å²) in [5.41, 5.74) is 0.415. The van der Waals surface area contributed by atoms with Crippen molar-refractivity contribution in [3.63, 3.8) is 0 Å². The molecular formula is C19H15ClN4O2S2. The summed E-state index contributed by atoms with van der Waals surface area (Å²) in [7, 11) is 0. The summed E-state index contributed by atoms with van der Waals surface area (Å²) in [4.78, 5) is 23.0. The van der Waals surface area contributed by atoms with Gasteiger partial charge in [-0.3, -0.25) is 9.36 Å². The number of thiophene rings is 1. The number of thioether (sulfide) groups is 1. The zero-order valence-electron chi connectivity index (χ0n) is 14.8. The highest BCUT2D eigenvalue weighted by molar-refractivity contribution is 7.99. The summed E-state index contributed by atoms with van der Waals surface area (Å²) in [6.45, 7) is 6.03. The molecule has 0 fully saturated rings. The van der Waals surface area contributed by atoms with Crippen molar-refractivity contribution in [1.29, 1.82) is 0 Å². The highest BCUT2D eigenvalue weighted by atomic mass is 35.5. The molecule has 0 saturated heterocycles. The standard InChI is InChI=1S/C19H15ClN4O2S2/c1-3-8-24-18(25)13-7-6-12(20)10-14(13)21-19(24)28-11(2)17-22-16(23-26-17)15-5-4-9-27-15/h3-7,9-11H,1,8H2,2H3. The third kappa shape index (κ3) is 3.63. The van der Waals surface area contributed by atoms with Gasteiger partial charge in [0.05, 0.1) is 21.0 Å². The molecular weight excluding hydrogens is 416 g/mol. The number of rotatable bonds is 6. The number of aromatic nitrogens is 4. The molecule has 3 heterocycles. The summed E-state index contributed by atoms with van der Waals surface area (Å²) < 4.78 is 7.01. The molecule has 0 saturated carbocycles. The molecule has 0 amide bonds. The molecule has 28 heavy (non-hydrogen) atoms. The second kappa shape index (κ2) is 7.90. The third-order valence-corrected chi connectivity index (χ3v) is 6.19. The van der Waals surface area contributed by atoms with Crippen LogP contribution in [0.4, 0.5) is 0 Å². The lowest BCUT2D eigenvalue weighted by Crippen LogP contribution is -2.23. The Balaban J connectivity index is 1.71. The molecule has 4 aromatic rings. The van der Waals surface area contributed by atoms with Gasteiger partial charge in [-0.2, -0.15) is 4.98 Å². The first kappa shape index (κ1) is 18.9. The van der Waals surface area contributed by atoms with E-state index in [0.29, 0.717) is 39.3 Å². The van der Waals surface area contributed by atoms with E-state index in [1.165, 1.54) is 11.8 Å².